The molecule has 0 saturated carbocycles. The molecule has 52 valence electrons. The Bertz CT molecular complexity index is 153. The van der Waals surface area contributed by atoms with E-state index in [1.165, 1.54) is 5.56 Å². The summed E-state index contributed by atoms with van der Waals surface area (Å²) >= 11 is 2.69. The van der Waals surface area contributed by atoms with Crippen molar-refractivity contribution >= 4 is 16.3 Å². The van der Waals surface area contributed by atoms with Gasteiger partial charge in [-0.05, 0) is 0 Å². The Kier molecular flexibility index (Phi) is 9.64. The SMILES string of the molecule is [Al+2][CH2]c1ccccc1.[Cl-].[Cl-]. The van der Waals surface area contributed by atoms with Crippen molar-refractivity contribution in [1.82, 2.24) is 0 Å². The second-order valence-corrected chi connectivity index (χ2v) is 2.10. The average Bonchev–Trinajstić information content (AvgIpc) is 1.90. The van der Waals surface area contributed by atoms with E-state index in [1.807, 2.05) is 6.07 Å². The maximum Gasteiger partial charge on any atom is -1.00 e. The molecule has 0 fully saturated rings. The molecule has 0 atom stereocenters. The van der Waals surface area contributed by atoms with Crippen molar-refractivity contribution in [2.24, 2.45) is 0 Å². The summed E-state index contributed by atoms with van der Waals surface area (Å²) in [6.07, 6.45) is 0. The predicted molar refractivity (Wildman–Crippen MR) is 35.9 cm³/mol. The molecule has 0 aliphatic carbocycles. The van der Waals surface area contributed by atoms with Gasteiger partial charge in [-0.2, -0.15) is 0 Å². The van der Waals surface area contributed by atoms with Gasteiger partial charge < -0.3 is 24.8 Å². The van der Waals surface area contributed by atoms with Crippen molar-refractivity contribution in [2.45, 2.75) is 5.28 Å². The summed E-state index contributed by atoms with van der Waals surface area (Å²) in [7, 11) is 0. The molecule has 0 saturated heterocycles. The third-order valence-corrected chi connectivity index (χ3v) is 1.55. The van der Waals surface area contributed by atoms with E-state index in [-0.39, 0.29) is 24.8 Å². The first-order valence-corrected chi connectivity index (χ1v) is 3.49. The number of hydrogen-bond acceptors (Lipinski definition) is 0. The molecule has 0 unspecified atom stereocenters. The van der Waals surface area contributed by atoms with E-state index in [0.717, 1.165) is 5.28 Å². The molecule has 1 aromatic rings. The number of hydrogen-bond donors (Lipinski definition) is 0. The molecule has 0 bridgehead atoms. The molecule has 0 radical (unpaired) electrons. The molecule has 0 heterocycles. The van der Waals surface area contributed by atoms with Crippen LogP contribution in [0.2, 0.25) is 0 Å². The summed E-state index contributed by atoms with van der Waals surface area (Å²) in [6, 6.07) is 10.4. The normalized spacial score (nSPS) is 7.40. The van der Waals surface area contributed by atoms with E-state index in [2.05, 4.69) is 40.6 Å². The number of rotatable bonds is 1. The standard InChI is InChI=1S/C7H7.Al.2ClH/c1-7-5-3-2-4-6-7;;;/h2-6H,1H2;;2*1H/q;+2;;/p-2. The Hall–Kier alpha value is 0.332. The smallest absolute Gasteiger partial charge is 1.00 e. The van der Waals surface area contributed by atoms with Crippen molar-refractivity contribution < 1.29 is 24.8 Å². The van der Waals surface area contributed by atoms with Crippen LogP contribution in [0.4, 0.5) is 0 Å². The van der Waals surface area contributed by atoms with Crippen LogP contribution >= 0.6 is 0 Å². The first-order chi connectivity index (χ1) is 3.93. The van der Waals surface area contributed by atoms with E-state index >= 15 is 0 Å². The molecule has 10 heavy (non-hydrogen) atoms. The Labute approximate surface area is 82.3 Å². The summed E-state index contributed by atoms with van der Waals surface area (Å²) in [5, 5.41) is 1.06. The second-order valence-electron chi connectivity index (χ2n) is 1.69. The number of benzene rings is 1. The summed E-state index contributed by atoms with van der Waals surface area (Å²) in [4.78, 5) is 0. The van der Waals surface area contributed by atoms with Gasteiger partial charge in [-0.3, -0.25) is 0 Å². The van der Waals surface area contributed by atoms with E-state index < -0.39 is 0 Å². The first-order valence-electron chi connectivity index (χ1n) is 2.67. The fourth-order valence-electron chi connectivity index (χ4n) is 0.614. The summed E-state index contributed by atoms with van der Waals surface area (Å²) in [6.45, 7) is 0. The summed E-state index contributed by atoms with van der Waals surface area (Å²) in [5.74, 6) is 0. The van der Waals surface area contributed by atoms with Gasteiger partial charge in [0.15, 0.2) is 0 Å². The van der Waals surface area contributed by atoms with Crippen LogP contribution in [0.1, 0.15) is 5.56 Å². The largest absolute Gasteiger partial charge is 1.00 e. The van der Waals surface area contributed by atoms with Crippen molar-refractivity contribution in [1.29, 1.82) is 0 Å². The topological polar surface area (TPSA) is 0 Å². The third kappa shape index (κ3) is 4.20. The van der Waals surface area contributed by atoms with Gasteiger partial charge in [-0.1, -0.05) is 0 Å². The van der Waals surface area contributed by atoms with E-state index in [4.69, 9.17) is 0 Å². The van der Waals surface area contributed by atoms with Crippen molar-refractivity contribution in [3.63, 3.8) is 0 Å². The Morgan fingerprint density at radius 2 is 1.50 bits per heavy atom. The molecule has 0 nitrogen and oxygen atoms in total. The van der Waals surface area contributed by atoms with Crippen LogP contribution in [0.15, 0.2) is 30.3 Å². The molecule has 0 spiro atoms. The molecule has 1 rings (SSSR count). The van der Waals surface area contributed by atoms with Gasteiger partial charge in [0.1, 0.15) is 0 Å². The Morgan fingerprint density at radius 3 is 1.80 bits per heavy atom. The van der Waals surface area contributed by atoms with Crippen LogP contribution in [-0.4, -0.2) is 16.3 Å². The van der Waals surface area contributed by atoms with Crippen LogP contribution in [0.5, 0.6) is 0 Å². The molecule has 3 heteroatoms. The van der Waals surface area contributed by atoms with Gasteiger partial charge in [0, 0.05) is 0 Å². The monoisotopic (exact) mass is 188 g/mol. The minimum atomic E-state index is 0. The van der Waals surface area contributed by atoms with Crippen LogP contribution < -0.4 is 24.8 Å². The molecular weight excluding hydrogens is 182 g/mol. The Balaban J connectivity index is 0. The summed E-state index contributed by atoms with van der Waals surface area (Å²) in [5.41, 5.74) is 1.37. The predicted octanol–water partition coefficient (Wildman–Crippen LogP) is -4.64. The average molecular weight is 189 g/mol. The summed E-state index contributed by atoms with van der Waals surface area (Å²) < 4.78 is 0. The number of halogens is 2. The van der Waals surface area contributed by atoms with Gasteiger partial charge in [0.2, 0.25) is 0 Å². The molecular formula is C7H7AlCl2. The minimum Gasteiger partial charge on any atom is -1.00 e. The van der Waals surface area contributed by atoms with Crippen LogP contribution in [0, 0.1) is 0 Å². The van der Waals surface area contributed by atoms with Crippen LogP contribution in [0.3, 0.4) is 0 Å². The zero-order valence-electron chi connectivity index (χ0n) is 5.43. The minimum absolute atomic E-state index is 0. The maximum atomic E-state index is 2.69. The van der Waals surface area contributed by atoms with Crippen molar-refractivity contribution in [3.8, 4) is 0 Å². The quantitative estimate of drug-likeness (QED) is 0.390. The molecule has 0 N–H and O–H groups in total. The van der Waals surface area contributed by atoms with E-state index in [9.17, 15) is 0 Å². The second kappa shape index (κ2) is 7.44. The van der Waals surface area contributed by atoms with Crippen LogP contribution in [-0.2, 0) is 5.28 Å². The molecule has 1 aromatic carbocycles. The van der Waals surface area contributed by atoms with Gasteiger partial charge >= 0.3 is 57.5 Å². The fourth-order valence-corrected chi connectivity index (χ4v) is 0.886. The molecule has 0 amide bonds. The van der Waals surface area contributed by atoms with Crippen LogP contribution in [0.25, 0.3) is 0 Å². The zero-order chi connectivity index (χ0) is 5.82. The molecule has 0 aromatic heterocycles. The van der Waals surface area contributed by atoms with Gasteiger partial charge in [-0.15, -0.1) is 0 Å². The third-order valence-electron chi connectivity index (χ3n) is 1.08. The van der Waals surface area contributed by atoms with Gasteiger partial charge in [0.05, 0.1) is 0 Å². The Morgan fingerprint density at radius 1 is 1.00 bits per heavy atom. The van der Waals surface area contributed by atoms with Crippen molar-refractivity contribution in [2.75, 3.05) is 0 Å². The van der Waals surface area contributed by atoms with Crippen molar-refractivity contribution in [3.05, 3.63) is 35.9 Å². The maximum absolute atomic E-state index is 2.69. The van der Waals surface area contributed by atoms with Gasteiger partial charge in [-0.25, -0.2) is 0 Å². The van der Waals surface area contributed by atoms with E-state index in [1.54, 1.807) is 0 Å². The fraction of sp³-hybridized carbons (Fsp3) is 0.143. The first kappa shape index (κ1) is 13.0. The molecule has 0 aliphatic heterocycles. The zero-order valence-corrected chi connectivity index (χ0v) is 8.09. The van der Waals surface area contributed by atoms with Gasteiger partial charge in [0.25, 0.3) is 0 Å². The van der Waals surface area contributed by atoms with E-state index in [0.29, 0.717) is 0 Å². The molecule has 0 aliphatic rings.